The van der Waals surface area contributed by atoms with Crippen LogP contribution in [-0.2, 0) is 0 Å². The summed E-state index contributed by atoms with van der Waals surface area (Å²) in [6, 6.07) is 8.73. The molecule has 0 saturated carbocycles. The molecule has 1 aliphatic carbocycles. The van der Waals surface area contributed by atoms with Gasteiger partial charge in [-0.3, -0.25) is 0 Å². The van der Waals surface area contributed by atoms with Gasteiger partial charge >= 0.3 is 0 Å². The van der Waals surface area contributed by atoms with Crippen molar-refractivity contribution in [1.82, 2.24) is 5.32 Å². The minimum absolute atomic E-state index is 0.580. The molecule has 0 spiro atoms. The Hall–Kier alpha value is -1.08. The zero-order chi connectivity index (χ0) is 10.1. The summed E-state index contributed by atoms with van der Waals surface area (Å²) in [5.41, 5.74) is 5.89. The lowest BCUT2D eigenvalue weighted by molar-refractivity contribution is 0.707. The predicted octanol–water partition coefficient (Wildman–Crippen LogP) is 2.80. The average molecular weight is 187 g/mol. The van der Waals surface area contributed by atoms with Crippen molar-refractivity contribution < 1.29 is 0 Å². The lowest BCUT2D eigenvalue weighted by Gasteiger charge is -2.13. The van der Waals surface area contributed by atoms with Crippen molar-refractivity contribution in [2.24, 2.45) is 0 Å². The molecule has 1 atom stereocenters. The van der Waals surface area contributed by atoms with E-state index in [1.165, 1.54) is 22.3 Å². The van der Waals surface area contributed by atoms with Gasteiger partial charge in [0.2, 0.25) is 0 Å². The normalized spacial score (nSPS) is 20.1. The fraction of sp³-hybridized carbons (Fsp3) is 0.385. The highest BCUT2D eigenvalue weighted by molar-refractivity contribution is 5.76. The van der Waals surface area contributed by atoms with Gasteiger partial charge in [0.1, 0.15) is 0 Å². The Morgan fingerprint density at radius 3 is 2.64 bits per heavy atom. The van der Waals surface area contributed by atoms with Gasteiger partial charge < -0.3 is 5.32 Å². The van der Waals surface area contributed by atoms with Crippen molar-refractivity contribution in [3.8, 4) is 0 Å². The molecule has 1 N–H and O–H groups in total. The summed E-state index contributed by atoms with van der Waals surface area (Å²) in [5, 5.41) is 3.27. The van der Waals surface area contributed by atoms with E-state index in [1.54, 1.807) is 0 Å². The number of allylic oxidation sites excluding steroid dienone is 1. The molecule has 1 aliphatic rings. The molecule has 0 aliphatic heterocycles. The molecule has 1 nitrogen and oxygen atoms in total. The van der Waals surface area contributed by atoms with Gasteiger partial charge in [0, 0.05) is 12.5 Å². The maximum Gasteiger partial charge on any atom is 0.0182 e. The summed E-state index contributed by atoms with van der Waals surface area (Å²) in [4.78, 5) is 0. The fourth-order valence-corrected chi connectivity index (χ4v) is 2.32. The third kappa shape index (κ3) is 1.28. The zero-order valence-electron chi connectivity index (χ0n) is 9.09. The smallest absolute Gasteiger partial charge is 0.0182 e. The van der Waals surface area contributed by atoms with Crippen LogP contribution in [0.25, 0.3) is 5.57 Å². The van der Waals surface area contributed by atoms with E-state index < -0.39 is 0 Å². The first-order chi connectivity index (χ1) is 6.75. The van der Waals surface area contributed by atoms with Crippen molar-refractivity contribution in [1.29, 1.82) is 0 Å². The first-order valence-electron chi connectivity index (χ1n) is 5.17. The number of rotatable bonds is 2. The van der Waals surface area contributed by atoms with E-state index >= 15 is 0 Å². The molecule has 1 unspecified atom stereocenters. The van der Waals surface area contributed by atoms with Gasteiger partial charge in [-0.15, -0.1) is 0 Å². The Morgan fingerprint density at radius 2 is 1.93 bits per heavy atom. The highest BCUT2D eigenvalue weighted by Gasteiger charge is 2.24. The number of nitrogens with one attached hydrogen (secondary N) is 1. The third-order valence-corrected chi connectivity index (χ3v) is 3.26. The molecule has 0 fully saturated rings. The van der Waals surface area contributed by atoms with Crippen LogP contribution < -0.4 is 5.32 Å². The Labute approximate surface area is 85.8 Å². The number of fused-ring (bicyclic) bond motifs is 1. The SMILES string of the molecule is CNCC1C(C)=C(C)c2ccccc21. The molecule has 0 aromatic heterocycles. The molecule has 1 heteroatoms. The quantitative estimate of drug-likeness (QED) is 0.750. The molecule has 0 saturated heterocycles. The maximum absolute atomic E-state index is 3.27. The standard InChI is InChI=1S/C13H17N/c1-9-10(2)13(8-14-3)12-7-5-4-6-11(9)12/h4-7,13-14H,8H2,1-3H3. The van der Waals surface area contributed by atoms with Crippen LogP contribution in [0.3, 0.4) is 0 Å². The van der Waals surface area contributed by atoms with Gasteiger partial charge in [-0.25, -0.2) is 0 Å². The Balaban J connectivity index is 2.47. The van der Waals surface area contributed by atoms with Crippen LogP contribution >= 0.6 is 0 Å². The van der Waals surface area contributed by atoms with Gasteiger partial charge in [0.05, 0.1) is 0 Å². The molecule has 74 valence electrons. The number of benzene rings is 1. The molecular formula is C13H17N. The van der Waals surface area contributed by atoms with Crippen molar-refractivity contribution >= 4 is 5.57 Å². The van der Waals surface area contributed by atoms with Crippen LogP contribution in [0.5, 0.6) is 0 Å². The molecule has 14 heavy (non-hydrogen) atoms. The van der Waals surface area contributed by atoms with Crippen LogP contribution in [0.4, 0.5) is 0 Å². The summed E-state index contributed by atoms with van der Waals surface area (Å²) >= 11 is 0. The Morgan fingerprint density at radius 1 is 1.21 bits per heavy atom. The second-order valence-electron chi connectivity index (χ2n) is 4.01. The first kappa shape index (κ1) is 9.47. The van der Waals surface area contributed by atoms with E-state index in [0.29, 0.717) is 5.92 Å². The topological polar surface area (TPSA) is 12.0 Å². The van der Waals surface area contributed by atoms with Crippen LogP contribution in [0, 0.1) is 0 Å². The summed E-state index contributed by atoms with van der Waals surface area (Å²) in [6.07, 6.45) is 0. The lowest BCUT2D eigenvalue weighted by Crippen LogP contribution is -2.16. The van der Waals surface area contributed by atoms with Gasteiger partial charge in [-0.2, -0.15) is 0 Å². The lowest BCUT2D eigenvalue weighted by atomic mass is 9.97. The predicted molar refractivity (Wildman–Crippen MR) is 61.4 cm³/mol. The summed E-state index contributed by atoms with van der Waals surface area (Å²) < 4.78 is 0. The largest absolute Gasteiger partial charge is 0.319 e. The molecule has 0 radical (unpaired) electrons. The van der Waals surface area contributed by atoms with Crippen LogP contribution in [0.2, 0.25) is 0 Å². The van der Waals surface area contributed by atoms with Crippen molar-refractivity contribution in [2.75, 3.05) is 13.6 Å². The molecule has 1 aromatic rings. The molecule has 1 aromatic carbocycles. The van der Waals surface area contributed by atoms with E-state index in [4.69, 9.17) is 0 Å². The van der Waals surface area contributed by atoms with Gasteiger partial charge in [-0.05, 0) is 37.6 Å². The molecule has 2 rings (SSSR count). The molecular weight excluding hydrogens is 170 g/mol. The monoisotopic (exact) mass is 187 g/mol. The fourth-order valence-electron chi connectivity index (χ4n) is 2.32. The van der Waals surface area contributed by atoms with E-state index in [-0.39, 0.29) is 0 Å². The second-order valence-corrected chi connectivity index (χ2v) is 4.01. The van der Waals surface area contributed by atoms with Crippen molar-refractivity contribution in [3.05, 3.63) is 41.0 Å². The Bertz CT molecular complexity index is 377. The Kier molecular flexibility index (Phi) is 2.42. The van der Waals surface area contributed by atoms with E-state index in [2.05, 4.69) is 43.4 Å². The third-order valence-electron chi connectivity index (χ3n) is 3.26. The minimum atomic E-state index is 0.580. The van der Waals surface area contributed by atoms with Crippen LogP contribution in [-0.4, -0.2) is 13.6 Å². The summed E-state index contributed by atoms with van der Waals surface area (Å²) in [5.74, 6) is 0.580. The average Bonchev–Trinajstić information content (AvgIpc) is 2.45. The van der Waals surface area contributed by atoms with Crippen LogP contribution in [0.15, 0.2) is 29.8 Å². The van der Waals surface area contributed by atoms with E-state index in [0.717, 1.165) is 6.54 Å². The number of hydrogen-bond acceptors (Lipinski definition) is 1. The van der Waals surface area contributed by atoms with Gasteiger partial charge in [0.15, 0.2) is 0 Å². The van der Waals surface area contributed by atoms with E-state index in [1.807, 2.05) is 7.05 Å². The van der Waals surface area contributed by atoms with E-state index in [9.17, 15) is 0 Å². The van der Waals surface area contributed by atoms with Crippen LogP contribution in [0.1, 0.15) is 30.9 Å². The molecule has 0 heterocycles. The highest BCUT2D eigenvalue weighted by Crippen LogP contribution is 2.40. The van der Waals surface area contributed by atoms with Crippen molar-refractivity contribution in [3.63, 3.8) is 0 Å². The zero-order valence-corrected chi connectivity index (χ0v) is 9.09. The van der Waals surface area contributed by atoms with Gasteiger partial charge in [-0.1, -0.05) is 29.8 Å². The van der Waals surface area contributed by atoms with Crippen molar-refractivity contribution in [2.45, 2.75) is 19.8 Å². The summed E-state index contributed by atoms with van der Waals surface area (Å²) in [7, 11) is 2.02. The van der Waals surface area contributed by atoms with Gasteiger partial charge in [0.25, 0.3) is 0 Å². The first-order valence-corrected chi connectivity index (χ1v) is 5.17. The molecule has 0 amide bonds. The number of likely N-dealkylation sites (N-methyl/N-ethyl adjacent to an activating group) is 1. The minimum Gasteiger partial charge on any atom is -0.319 e. The maximum atomic E-state index is 3.27. The number of hydrogen-bond donors (Lipinski definition) is 1. The highest BCUT2D eigenvalue weighted by atomic mass is 14.8. The summed E-state index contributed by atoms with van der Waals surface area (Å²) in [6.45, 7) is 5.52. The molecule has 0 bridgehead atoms. The second kappa shape index (κ2) is 3.58.